The first-order valence-corrected chi connectivity index (χ1v) is 12.7. The number of fused-ring (bicyclic) bond motifs is 1. The van der Waals surface area contributed by atoms with Gasteiger partial charge in [0.05, 0.1) is 36.9 Å². The van der Waals surface area contributed by atoms with Crippen molar-refractivity contribution in [1.29, 1.82) is 0 Å². The van der Waals surface area contributed by atoms with Crippen LogP contribution in [0, 0.1) is 0 Å². The number of H-pyrrole nitrogens is 1. The lowest BCUT2D eigenvalue weighted by Crippen LogP contribution is -2.49. The number of nitrogens with one attached hydrogen (secondary N) is 1. The third kappa shape index (κ3) is 5.73. The molecule has 4 rings (SSSR count). The number of piperazine rings is 1. The van der Waals surface area contributed by atoms with E-state index in [-0.39, 0.29) is 18.9 Å². The number of hydrogen-bond donors (Lipinski definition) is 1. The number of amides is 1. The molecule has 2 aromatic carbocycles. The van der Waals surface area contributed by atoms with Crippen LogP contribution in [0.4, 0.5) is 5.69 Å². The lowest BCUT2D eigenvalue weighted by atomic mass is 10.2. The average molecular weight is 511 g/mol. The van der Waals surface area contributed by atoms with Crippen molar-refractivity contribution >= 4 is 22.5 Å². The summed E-state index contributed by atoms with van der Waals surface area (Å²) in [5.41, 5.74) is 0.484. The van der Waals surface area contributed by atoms with E-state index in [4.69, 9.17) is 14.2 Å². The van der Waals surface area contributed by atoms with Crippen LogP contribution in [0.3, 0.4) is 0 Å². The number of benzene rings is 2. The first kappa shape index (κ1) is 26.1. The number of rotatable bonds is 10. The maximum atomic E-state index is 13.1. The van der Waals surface area contributed by atoms with Gasteiger partial charge < -0.3 is 29.0 Å². The molecular formula is C27H34N4O6. The number of aromatic amines is 1. The largest absolute Gasteiger partial charge is 0.495 e. The quantitative estimate of drug-likeness (QED) is 0.447. The van der Waals surface area contributed by atoms with E-state index in [1.165, 1.54) is 0 Å². The molecule has 0 radical (unpaired) electrons. The summed E-state index contributed by atoms with van der Waals surface area (Å²) in [6, 6.07) is 11.1. The van der Waals surface area contributed by atoms with Crippen LogP contribution in [-0.2, 0) is 11.3 Å². The fourth-order valence-corrected chi connectivity index (χ4v) is 4.63. The molecule has 10 nitrogen and oxygen atoms in total. The first-order valence-electron chi connectivity index (χ1n) is 12.7. The molecule has 2 heterocycles. The number of nitrogens with zero attached hydrogens (tertiary/aromatic N) is 3. The fourth-order valence-electron chi connectivity index (χ4n) is 4.63. The highest BCUT2D eigenvalue weighted by Crippen LogP contribution is 2.31. The van der Waals surface area contributed by atoms with E-state index in [2.05, 4.69) is 9.88 Å². The molecule has 1 saturated heterocycles. The number of carbonyl (C=O) groups is 1. The van der Waals surface area contributed by atoms with Gasteiger partial charge in [-0.2, -0.15) is 0 Å². The Balaban J connectivity index is 1.39. The van der Waals surface area contributed by atoms with Crippen LogP contribution in [0.25, 0.3) is 10.9 Å². The van der Waals surface area contributed by atoms with Gasteiger partial charge in [0.15, 0.2) is 11.5 Å². The number of ether oxygens (including phenoxy) is 3. The van der Waals surface area contributed by atoms with E-state index in [1.807, 2.05) is 43.0 Å². The maximum Gasteiger partial charge on any atom is 0.328 e. The fraction of sp³-hybridized carbons (Fsp3) is 0.444. The van der Waals surface area contributed by atoms with Crippen molar-refractivity contribution in [2.24, 2.45) is 0 Å². The second-order valence-corrected chi connectivity index (χ2v) is 8.74. The van der Waals surface area contributed by atoms with Crippen molar-refractivity contribution < 1.29 is 19.0 Å². The SMILES string of the molecule is CCOc1cc2[nH]c(=O)n(CCCC(=O)N3CCN(c4ccccc4OC)CC3)c(=O)c2cc1OCC. The third-order valence-corrected chi connectivity index (χ3v) is 6.48. The van der Waals surface area contributed by atoms with Gasteiger partial charge in [-0.3, -0.25) is 14.2 Å². The highest BCUT2D eigenvalue weighted by molar-refractivity contribution is 5.81. The minimum absolute atomic E-state index is 0.0185. The van der Waals surface area contributed by atoms with Crippen molar-refractivity contribution in [3.8, 4) is 17.2 Å². The lowest BCUT2D eigenvalue weighted by Gasteiger charge is -2.36. The van der Waals surface area contributed by atoms with Crippen molar-refractivity contribution in [3.05, 3.63) is 57.2 Å². The van der Waals surface area contributed by atoms with Gasteiger partial charge in [-0.05, 0) is 38.5 Å². The molecule has 1 amide bonds. The third-order valence-electron chi connectivity index (χ3n) is 6.48. The molecule has 1 aliphatic rings. The molecule has 0 saturated carbocycles. The molecule has 1 N–H and O–H groups in total. The monoisotopic (exact) mass is 510 g/mol. The Kier molecular flexibility index (Phi) is 8.37. The Morgan fingerprint density at radius 2 is 1.62 bits per heavy atom. The summed E-state index contributed by atoms with van der Waals surface area (Å²) in [7, 11) is 1.65. The van der Waals surface area contributed by atoms with Gasteiger partial charge in [-0.1, -0.05) is 12.1 Å². The second kappa shape index (κ2) is 11.9. The number of methoxy groups -OCH3 is 1. The molecular weight excluding hydrogens is 476 g/mol. The number of carbonyl (C=O) groups excluding carboxylic acids is 1. The number of para-hydroxylation sites is 2. The second-order valence-electron chi connectivity index (χ2n) is 8.74. The Morgan fingerprint density at radius 1 is 0.946 bits per heavy atom. The molecule has 3 aromatic rings. The zero-order valence-corrected chi connectivity index (χ0v) is 21.6. The predicted octanol–water partition coefficient (Wildman–Crippen LogP) is 2.62. The van der Waals surface area contributed by atoms with E-state index in [0.717, 1.165) is 16.0 Å². The Hall–Kier alpha value is -3.95. The Morgan fingerprint density at radius 3 is 2.30 bits per heavy atom. The van der Waals surface area contributed by atoms with Crippen LogP contribution in [0.5, 0.6) is 17.2 Å². The van der Waals surface area contributed by atoms with Crippen LogP contribution in [0.2, 0.25) is 0 Å². The summed E-state index contributed by atoms with van der Waals surface area (Å²) in [6.45, 7) is 7.32. The molecule has 0 unspecified atom stereocenters. The number of hydrogen-bond acceptors (Lipinski definition) is 7. The summed E-state index contributed by atoms with van der Waals surface area (Å²) in [5, 5.41) is 0.338. The van der Waals surface area contributed by atoms with E-state index in [9.17, 15) is 14.4 Å². The van der Waals surface area contributed by atoms with Crippen molar-refractivity contribution in [3.63, 3.8) is 0 Å². The molecule has 0 spiro atoms. The molecule has 0 aliphatic carbocycles. The molecule has 10 heteroatoms. The summed E-state index contributed by atoms with van der Waals surface area (Å²) in [5.74, 6) is 1.76. The average Bonchev–Trinajstić information content (AvgIpc) is 2.91. The standard InChI is InChI=1S/C27H34N4O6/c1-4-36-23-17-19-20(18-24(23)37-5-2)28-27(34)31(26(19)33)12-8-11-25(32)30-15-13-29(14-16-30)21-9-6-7-10-22(21)35-3/h6-7,9-10,17-18H,4-5,8,11-16H2,1-3H3,(H,28,34). The minimum Gasteiger partial charge on any atom is -0.495 e. The van der Waals surface area contributed by atoms with Gasteiger partial charge >= 0.3 is 5.69 Å². The van der Waals surface area contributed by atoms with Gasteiger partial charge in [0.25, 0.3) is 5.56 Å². The van der Waals surface area contributed by atoms with Gasteiger partial charge in [0.2, 0.25) is 5.91 Å². The Labute approximate surface area is 215 Å². The number of aromatic nitrogens is 2. The number of anilines is 1. The summed E-state index contributed by atoms with van der Waals surface area (Å²) in [6.07, 6.45) is 0.640. The topological polar surface area (TPSA) is 106 Å². The molecule has 37 heavy (non-hydrogen) atoms. The summed E-state index contributed by atoms with van der Waals surface area (Å²) >= 11 is 0. The minimum atomic E-state index is -0.512. The van der Waals surface area contributed by atoms with Crippen molar-refractivity contribution in [1.82, 2.24) is 14.5 Å². The van der Waals surface area contributed by atoms with E-state index in [1.54, 1.807) is 19.2 Å². The molecule has 0 bridgehead atoms. The molecule has 1 aliphatic heterocycles. The van der Waals surface area contributed by atoms with E-state index in [0.29, 0.717) is 68.2 Å². The molecule has 198 valence electrons. The predicted molar refractivity (Wildman–Crippen MR) is 142 cm³/mol. The van der Waals surface area contributed by atoms with E-state index < -0.39 is 11.2 Å². The first-order chi connectivity index (χ1) is 18.0. The van der Waals surface area contributed by atoms with Gasteiger partial charge in [0, 0.05) is 45.2 Å². The zero-order valence-electron chi connectivity index (χ0n) is 21.6. The Bertz CT molecular complexity index is 1360. The van der Waals surface area contributed by atoms with Crippen molar-refractivity contribution in [2.75, 3.05) is 51.4 Å². The van der Waals surface area contributed by atoms with Crippen molar-refractivity contribution in [2.45, 2.75) is 33.2 Å². The van der Waals surface area contributed by atoms with Gasteiger partial charge in [0.1, 0.15) is 5.75 Å². The lowest BCUT2D eigenvalue weighted by molar-refractivity contribution is -0.131. The molecule has 1 aromatic heterocycles. The smallest absolute Gasteiger partial charge is 0.328 e. The molecule has 0 atom stereocenters. The normalized spacial score (nSPS) is 13.6. The summed E-state index contributed by atoms with van der Waals surface area (Å²) < 4.78 is 17.8. The van der Waals surface area contributed by atoms with Crippen LogP contribution in [0.15, 0.2) is 46.0 Å². The van der Waals surface area contributed by atoms with Gasteiger partial charge in [-0.25, -0.2) is 4.79 Å². The van der Waals surface area contributed by atoms with Crippen LogP contribution in [0.1, 0.15) is 26.7 Å². The van der Waals surface area contributed by atoms with Crippen LogP contribution < -0.4 is 30.4 Å². The zero-order chi connectivity index (χ0) is 26.4. The maximum absolute atomic E-state index is 13.1. The van der Waals surface area contributed by atoms with Crippen LogP contribution >= 0.6 is 0 Å². The summed E-state index contributed by atoms with van der Waals surface area (Å²) in [4.78, 5) is 45.4. The highest BCUT2D eigenvalue weighted by atomic mass is 16.5. The van der Waals surface area contributed by atoms with Crippen LogP contribution in [-0.4, -0.2) is 66.9 Å². The van der Waals surface area contributed by atoms with E-state index >= 15 is 0 Å². The molecule has 1 fully saturated rings. The van der Waals surface area contributed by atoms with Gasteiger partial charge in [-0.15, -0.1) is 0 Å². The highest BCUT2D eigenvalue weighted by Gasteiger charge is 2.23.